The van der Waals surface area contributed by atoms with Gasteiger partial charge >= 0.3 is 5.97 Å². The summed E-state index contributed by atoms with van der Waals surface area (Å²) in [4.78, 5) is 37.9. The second-order valence-corrected chi connectivity index (χ2v) is 9.26. The van der Waals surface area contributed by atoms with Crippen molar-refractivity contribution in [1.82, 2.24) is 5.32 Å². The number of benzene rings is 2. The predicted molar refractivity (Wildman–Crippen MR) is 132 cm³/mol. The Bertz CT molecular complexity index is 1190. The van der Waals surface area contributed by atoms with Crippen LogP contribution < -0.4 is 15.4 Å². The van der Waals surface area contributed by atoms with Crippen LogP contribution in [0, 0.1) is 24.2 Å². The minimum atomic E-state index is -1.24. The molecule has 0 radical (unpaired) electrons. The van der Waals surface area contributed by atoms with Gasteiger partial charge in [-0.1, -0.05) is 30.0 Å². The molecule has 0 bridgehead atoms. The van der Waals surface area contributed by atoms with E-state index in [4.69, 9.17) is 9.47 Å². The Balaban J connectivity index is 1.89. The van der Waals surface area contributed by atoms with Crippen LogP contribution in [-0.2, 0) is 19.1 Å². The molecule has 0 saturated heterocycles. The number of nitrogens with zero attached hydrogens (tertiary/aromatic N) is 1. The minimum Gasteiger partial charge on any atom is -0.497 e. The first kappa shape index (κ1) is 25.3. The molecule has 2 aromatic carbocycles. The van der Waals surface area contributed by atoms with E-state index in [-0.39, 0.29) is 22.3 Å². The number of nitrogens with one attached hydrogen (secondary N) is 2. The number of aryl methyl sites for hydroxylation is 1. The normalized spacial score (nSPS) is 17.4. The molecule has 0 aromatic heterocycles. The van der Waals surface area contributed by atoms with Gasteiger partial charge < -0.3 is 20.1 Å². The highest BCUT2D eigenvalue weighted by Crippen LogP contribution is 2.40. The fraction of sp³-hybridized carbons (Fsp3) is 0.250. The lowest BCUT2D eigenvalue weighted by molar-refractivity contribution is -0.150. The molecule has 176 valence electrons. The Morgan fingerprint density at radius 3 is 2.50 bits per heavy atom. The third kappa shape index (κ3) is 5.61. The van der Waals surface area contributed by atoms with E-state index in [1.807, 2.05) is 19.1 Å². The van der Waals surface area contributed by atoms with E-state index in [2.05, 4.69) is 32.6 Å². The summed E-state index contributed by atoms with van der Waals surface area (Å²) < 4.78 is 10.8. The van der Waals surface area contributed by atoms with Crippen molar-refractivity contribution in [3.63, 3.8) is 0 Å². The maximum atomic E-state index is 12.9. The molecule has 10 heteroatoms. The standard InChI is InChI=1S/C24H22BrN3O5S/c1-13-4-9-18(17(25)10-13)27-19(29)12-34-23-16(11-26)20(14-5-7-15(32-2)8-6-14)21(22(30)28-23)24(31)33-3/h4-10,20-21H,12H2,1-3H3,(H,27,29)(H,28,30)/t20-,21+/m1/s1. The average molecular weight is 544 g/mol. The number of nitriles is 1. The number of allylic oxidation sites excluding steroid dienone is 1. The van der Waals surface area contributed by atoms with Crippen molar-refractivity contribution >= 4 is 51.2 Å². The Hall–Kier alpha value is -3.29. The van der Waals surface area contributed by atoms with Crippen LogP contribution in [0.1, 0.15) is 17.0 Å². The van der Waals surface area contributed by atoms with Gasteiger partial charge in [-0.15, -0.1) is 0 Å². The molecular weight excluding hydrogens is 522 g/mol. The molecule has 2 aromatic rings. The fourth-order valence-corrected chi connectivity index (χ4v) is 4.98. The lowest BCUT2D eigenvalue weighted by atomic mass is 9.78. The van der Waals surface area contributed by atoms with Gasteiger partial charge in [0, 0.05) is 10.4 Å². The number of thioether (sulfide) groups is 1. The summed E-state index contributed by atoms with van der Waals surface area (Å²) in [5, 5.41) is 15.6. The number of hydrogen-bond acceptors (Lipinski definition) is 7. The molecule has 0 fully saturated rings. The van der Waals surface area contributed by atoms with Crippen LogP contribution in [0.3, 0.4) is 0 Å². The summed E-state index contributed by atoms with van der Waals surface area (Å²) in [7, 11) is 2.71. The number of amides is 2. The molecule has 2 N–H and O–H groups in total. The SMILES string of the molecule is COC(=O)[C@@H]1C(=O)NC(SCC(=O)Nc2ccc(C)cc2Br)=C(C#N)[C@H]1c1ccc(OC)cc1. The number of anilines is 1. The second kappa shape index (κ2) is 11.2. The molecule has 0 unspecified atom stereocenters. The van der Waals surface area contributed by atoms with Crippen molar-refractivity contribution < 1.29 is 23.9 Å². The zero-order valence-electron chi connectivity index (χ0n) is 18.7. The highest BCUT2D eigenvalue weighted by atomic mass is 79.9. The number of methoxy groups -OCH3 is 2. The van der Waals surface area contributed by atoms with Crippen molar-refractivity contribution in [2.24, 2.45) is 5.92 Å². The van der Waals surface area contributed by atoms with Gasteiger partial charge in [-0.25, -0.2) is 0 Å². The van der Waals surface area contributed by atoms with E-state index >= 15 is 0 Å². The Kier molecular flexibility index (Phi) is 8.36. The molecule has 1 aliphatic heterocycles. The van der Waals surface area contributed by atoms with Crippen molar-refractivity contribution in [3.05, 3.63) is 68.7 Å². The molecule has 3 rings (SSSR count). The summed E-state index contributed by atoms with van der Waals surface area (Å²) in [6.45, 7) is 1.94. The summed E-state index contributed by atoms with van der Waals surface area (Å²) in [6, 6.07) is 14.4. The molecule has 0 aliphatic carbocycles. The molecule has 0 spiro atoms. The van der Waals surface area contributed by atoms with Crippen LogP contribution in [-0.4, -0.2) is 37.8 Å². The summed E-state index contributed by atoms with van der Waals surface area (Å²) in [5.74, 6) is -3.24. The lowest BCUT2D eigenvalue weighted by Gasteiger charge is -2.31. The van der Waals surface area contributed by atoms with Gasteiger partial charge in [0.25, 0.3) is 0 Å². The third-order valence-corrected chi connectivity index (χ3v) is 6.88. The largest absolute Gasteiger partial charge is 0.497 e. The van der Waals surface area contributed by atoms with Gasteiger partial charge in [-0.05, 0) is 58.2 Å². The summed E-state index contributed by atoms with van der Waals surface area (Å²) >= 11 is 4.44. The van der Waals surface area contributed by atoms with Gasteiger partial charge in [0.2, 0.25) is 11.8 Å². The summed E-state index contributed by atoms with van der Waals surface area (Å²) in [5.41, 5.74) is 2.40. The van der Waals surface area contributed by atoms with Crippen LogP contribution in [0.15, 0.2) is 57.5 Å². The maximum Gasteiger partial charge on any atom is 0.319 e. The number of hydrogen-bond donors (Lipinski definition) is 2. The minimum absolute atomic E-state index is 0.0562. The Labute approximate surface area is 209 Å². The van der Waals surface area contributed by atoms with Crippen LogP contribution in [0.2, 0.25) is 0 Å². The first-order valence-electron chi connectivity index (χ1n) is 10.1. The Morgan fingerprint density at radius 2 is 1.91 bits per heavy atom. The number of ether oxygens (including phenoxy) is 2. The average Bonchev–Trinajstić information content (AvgIpc) is 2.83. The van der Waals surface area contributed by atoms with E-state index in [1.165, 1.54) is 14.2 Å². The van der Waals surface area contributed by atoms with E-state index in [0.717, 1.165) is 21.8 Å². The zero-order chi connectivity index (χ0) is 24.8. The maximum absolute atomic E-state index is 12.9. The first-order chi connectivity index (χ1) is 16.3. The van der Waals surface area contributed by atoms with E-state index in [0.29, 0.717) is 17.0 Å². The van der Waals surface area contributed by atoms with Crippen molar-refractivity contribution in [2.75, 3.05) is 25.3 Å². The van der Waals surface area contributed by atoms with Gasteiger partial charge in [-0.2, -0.15) is 5.26 Å². The predicted octanol–water partition coefficient (Wildman–Crippen LogP) is 3.88. The molecule has 0 saturated carbocycles. The third-order valence-electron chi connectivity index (χ3n) is 5.20. The number of carbonyl (C=O) groups is 3. The zero-order valence-corrected chi connectivity index (χ0v) is 21.1. The fourth-order valence-electron chi connectivity index (χ4n) is 3.54. The van der Waals surface area contributed by atoms with Crippen molar-refractivity contribution in [1.29, 1.82) is 5.26 Å². The van der Waals surface area contributed by atoms with Gasteiger partial charge in [0.15, 0.2) is 0 Å². The smallest absolute Gasteiger partial charge is 0.319 e. The molecule has 8 nitrogen and oxygen atoms in total. The monoisotopic (exact) mass is 543 g/mol. The highest BCUT2D eigenvalue weighted by molar-refractivity contribution is 9.10. The number of carbonyl (C=O) groups excluding carboxylic acids is 3. The van der Waals surface area contributed by atoms with Crippen LogP contribution in [0.5, 0.6) is 5.75 Å². The highest BCUT2D eigenvalue weighted by Gasteiger charge is 2.44. The van der Waals surface area contributed by atoms with Gasteiger partial charge in [-0.3, -0.25) is 14.4 Å². The molecule has 1 aliphatic rings. The first-order valence-corrected chi connectivity index (χ1v) is 11.9. The molecular formula is C24H22BrN3O5S. The number of halogens is 1. The van der Waals surface area contributed by atoms with Crippen LogP contribution in [0.25, 0.3) is 0 Å². The lowest BCUT2D eigenvalue weighted by Crippen LogP contribution is -2.44. The van der Waals surface area contributed by atoms with E-state index < -0.39 is 23.7 Å². The number of esters is 1. The van der Waals surface area contributed by atoms with Crippen LogP contribution >= 0.6 is 27.7 Å². The Morgan fingerprint density at radius 1 is 1.21 bits per heavy atom. The second-order valence-electron chi connectivity index (χ2n) is 7.42. The molecule has 2 amide bonds. The van der Waals surface area contributed by atoms with Crippen LogP contribution in [0.4, 0.5) is 5.69 Å². The van der Waals surface area contributed by atoms with Gasteiger partial charge in [0.1, 0.15) is 11.7 Å². The topological polar surface area (TPSA) is 118 Å². The molecule has 34 heavy (non-hydrogen) atoms. The van der Waals surface area contributed by atoms with E-state index in [9.17, 15) is 19.6 Å². The quantitative estimate of drug-likeness (QED) is 0.402. The van der Waals surface area contributed by atoms with Crippen molar-refractivity contribution in [2.45, 2.75) is 12.8 Å². The van der Waals surface area contributed by atoms with Crippen molar-refractivity contribution in [3.8, 4) is 11.8 Å². The summed E-state index contributed by atoms with van der Waals surface area (Å²) in [6.07, 6.45) is 0. The molecule has 2 atom stereocenters. The molecule has 1 heterocycles. The van der Waals surface area contributed by atoms with Gasteiger partial charge in [0.05, 0.1) is 42.3 Å². The number of rotatable bonds is 7. The van der Waals surface area contributed by atoms with E-state index in [1.54, 1.807) is 30.3 Å².